The summed E-state index contributed by atoms with van der Waals surface area (Å²) in [5, 5.41) is 0. The van der Waals surface area contributed by atoms with Crippen molar-refractivity contribution in [3.63, 3.8) is 0 Å². The monoisotopic (exact) mass is 250 g/mol. The average Bonchev–Trinajstić information content (AvgIpc) is 2.32. The van der Waals surface area contributed by atoms with Crippen LogP contribution in [-0.2, 0) is 0 Å². The normalized spacial score (nSPS) is 19.1. The van der Waals surface area contributed by atoms with Crippen molar-refractivity contribution in [1.82, 2.24) is 4.90 Å². The minimum atomic E-state index is -0.286. The van der Waals surface area contributed by atoms with E-state index in [4.69, 9.17) is 5.73 Å². The molecule has 2 nitrogen and oxygen atoms in total. The Morgan fingerprint density at radius 2 is 1.83 bits per heavy atom. The van der Waals surface area contributed by atoms with Crippen molar-refractivity contribution >= 4 is 5.69 Å². The Balaban J connectivity index is 2.03. The highest BCUT2D eigenvalue weighted by Crippen LogP contribution is 2.31. The third-order valence-corrected chi connectivity index (χ3v) is 3.94. The Morgan fingerprint density at radius 1 is 1.22 bits per heavy atom. The summed E-state index contributed by atoms with van der Waals surface area (Å²) in [6.45, 7) is 8.91. The fourth-order valence-electron chi connectivity index (χ4n) is 2.68. The number of benzene rings is 1. The first-order valence-corrected chi connectivity index (χ1v) is 6.68. The van der Waals surface area contributed by atoms with Gasteiger partial charge in [0.05, 0.1) is 5.69 Å². The van der Waals surface area contributed by atoms with Crippen LogP contribution in [0.1, 0.15) is 45.1 Å². The van der Waals surface area contributed by atoms with Gasteiger partial charge in [0.2, 0.25) is 0 Å². The van der Waals surface area contributed by atoms with Crippen molar-refractivity contribution in [2.24, 2.45) is 0 Å². The number of hydrogen-bond donors (Lipinski definition) is 1. The first-order valence-electron chi connectivity index (χ1n) is 6.68. The van der Waals surface area contributed by atoms with Gasteiger partial charge in [-0.05, 0) is 70.3 Å². The van der Waals surface area contributed by atoms with Crippen LogP contribution in [0.5, 0.6) is 0 Å². The largest absolute Gasteiger partial charge is 0.396 e. The molecule has 0 spiro atoms. The Kier molecular flexibility index (Phi) is 3.62. The third-order valence-electron chi connectivity index (χ3n) is 3.94. The Morgan fingerprint density at radius 3 is 2.33 bits per heavy atom. The fourth-order valence-corrected chi connectivity index (χ4v) is 2.68. The average molecular weight is 250 g/mol. The van der Waals surface area contributed by atoms with Gasteiger partial charge < -0.3 is 5.73 Å². The summed E-state index contributed by atoms with van der Waals surface area (Å²) in [5.74, 6) is 0.185. The number of hydrogen-bond acceptors (Lipinski definition) is 2. The topological polar surface area (TPSA) is 29.3 Å². The summed E-state index contributed by atoms with van der Waals surface area (Å²) in [6.07, 6.45) is 2.20. The maximum atomic E-state index is 13.5. The molecule has 100 valence electrons. The quantitative estimate of drug-likeness (QED) is 0.774. The lowest BCUT2D eigenvalue weighted by atomic mass is 9.87. The highest BCUT2D eigenvalue weighted by Gasteiger charge is 2.27. The van der Waals surface area contributed by atoms with Crippen molar-refractivity contribution in [2.45, 2.75) is 45.1 Å². The van der Waals surface area contributed by atoms with Crippen LogP contribution in [0.4, 0.5) is 10.1 Å². The number of nitrogen functional groups attached to an aromatic ring is 1. The zero-order valence-electron chi connectivity index (χ0n) is 11.5. The van der Waals surface area contributed by atoms with Crippen LogP contribution in [0.2, 0.25) is 0 Å². The minimum Gasteiger partial charge on any atom is -0.396 e. The predicted molar refractivity (Wildman–Crippen MR) is 74.1 cm³/mol. The van der Waals surface area contributed by atoms with E-state index in [1.54, 1.807) is 12.1 Å². The number of nitrogens with two attached hydrogens (primary N) is 1. The van der Waals surface area contributed by atoms with E-state index in [9.17, 15) is 4.39 Å². The molecule has 3 heteroatoms. The molecule has 1 fully saturated rings. The lowest BCUT2D eigenvalue weighted by Gasteiger charge is -2.41. The summed E-state index contributed by atoms with van der Waals surface area (Å²) in [7, 11) is 0. The molecule has 0 bridgehead atoms. The molecule has 1 aromatic carbocycles. The molecule has 18 heavy (non-hydrogen) atoms. The number of piperidine rings is 1. The highest BCUT2D eigenvalue weighted by molar-refractivity contribution is 5.42. The van der Waals surface area contributed by atoms with Crippen LogP contribution in [-0.4, -0.2) is 23.5 Å². The SMILES string of the molecule is CC(C)(C)N1CCC(c2ccc(N)c(F)c2)CC1. The zero-order chi connectivity index (χ0) is 13.3. The maximum Gasteiger partial charge on any atom is 0.146 e. The van der Waals surface area contributed by atoms with Gasteiger partial charge in [0.1, 0.15) is 5.82 Å². The van der Waals surface area contributed by atoms with E-state index < -0.39 is 0 Å². The fraction of sp³-hybridized carbons (Fsp3) is 0.600. The lowest BCUT2D eigenvalue weighted by molar-refractivity contribution is 0.102. The lowest BCUT2D eigenvalue weighted by Crippen LogP contribution is -2.45. The van der Waals surface area contributed by atoms with Crippen molar-refractivity contribution < 1.29 is 4.39 Å². The molecule has 0 saturated carbocycles. The van der Waals surface area contributed by atoms with E-state index in [-0.39, 0.29) is 17.0 Å². The van der Waals surface area contributed by atoms with Gasteiger partial charge in [0.25, 0.3) is 0 Å². The number of anilines is 1. The predicted octanol–water partition coefficient (Wildman–Crippen LogP) is 3.39. The van der Waals surface area contributed by atoms with Crippen LogP contribution in [0.3, 0.4) is 0 Å². The smallest absolute Gasteiger partial charge is 0.146 e. The zero-order valence-corrected chi connectivity index (χ0v) is 11.5. The van der Waals surface area contributed by atoms with Gasteiger partial charge in [0.15, 0.2) is 0 Å². The van der Waals surface area contributed by atoms with Gasteiger partial charge in [-0.15, -0.1) is 0 Å². The van der Waals surface area contributed by atoms with E-state index >= 15 is 0 Å². The molecule has 1 aliphatic rings. The van der Waals surface area contributed by atoms with Crippen LogP contribution in [0, 0.1) is 5.82 Å². The van der Waals surface area contributed by atoms with Crippen molar-refractivity contribution in [1.29, 1.82) is 0 Å². The molecule has 1 saturated heterocycles. The molecular weight excluding hydrogens is 227 g/mol. The van der Waals surface area contributed by atoms with E-state index in [2.05, 4.69) is 25.7 Å². The maximum absolute atomic E-state index is 13.5. The molecule has 2 N–H and O–H groups in total. The molecule has 0 radical (unpaired) electrons. The van der Waals surface area contributed by atoms with Crippen LogP contribution < -0.4 is 5.73 Å². The second-order valence-electron chi connectivity index (χ2n) is 6.21. The van der Waals surface area contributed by atoms with E-state index in [1.807, 2.05) is 6.07 Å². The molecule has 0 atom stereocenters. The van der Waals surface area contributed by atoms with Gasteiger partial charge in [-0.25, -0.2) is 4.39 Å². The second-order valence-corrected chi connectivity index (χ2v) is 6.21. The molecule has 2 rings (SSSR count). The van der Waals surface area contributed by atoms with Crippen molar-refractivity contribution in [3.8, 4) is 0 Å². The van der Waals surface area contributed by atoms with Crippen LogP contribution in [0.25, 0.3) is 0 Å². The molecule has 0 aliphatic carbocycles. The molecule has 0 amide bonds. The molecule has 1 aromatic rings. The second kappa shape index (κ2) is 4.88. The first-order chi connectivity index (χ1) is 8.38. The molecule has 1 heterocycles. The van der Waals surface area contributed by atoms with Gasteiger partial charge in [-0.3, -0.25) is 4.90 Å². The minimum absolute atomic E-state index is 0.233. The summed E-state index contributed by atoms with van der Waals surface area (Å²) in [5.41, 5.74) is 7.08. The summed E-state index contributed by atoms with van der Waals surface area (Å²) < 4.78 is 13.5. The van der Waals surface area contributed by atoms with Crippen LogP contribution >= 0.6 is 0 Å². The standard InChI is InChI=1S/C15H23FN2/c1-15(2,3)18-8-6-11(7-9-18)12-4-5-14(17)13(16)10-12/h4-5,10-11H,6-9,17H2,1-3H3. The van der Waals surface area contributed by atoms with Gasteiger partial charge in [-0.1, -0.05) is 6.07 Å². The number of rotatable bonds is 1. The van der Waals surface area contributed by atoms with Crippen molar-refractivity contribution in [3.05, 3.63) is 29.6 Å². The van der Waals surface area contributed by atoms with E-state index in [1.165, 1.54) is 0 Å². The molecular formula is C15H23FN2. The Labute approximate surface area is 109 Å². The number of likely N-dealkylation sites (tertiary alicyclic amines) is 1. The first kappa shape index (κ1) is 13.3. The Hall–Kier alpha value is -1.09. The van der Waals surface area contributed by atoms with Gasteiger partial charge >= 0.3 is 0 Å². The molecule has 0 unspecified atom stereocenters. The van der Waals surface area contributed by atoms with E-state index in [0.29, 0.717) is 5.92 Å². The Bertz CT molecular complexity index is 415. The summed E-state index contributed by atoms with van der Waals surface area (Å²) >= 11 is 0. The van der Waals surface area contributed by atoms with E-state index in [0.717, 1.165) is 31.5 Å². The van der Waals surface area contributed by atoms with Gasteiger partial charge in [0, 0.05) is 5.54 Å². The summed E-state index contributed by atoms with van der Waals surface area (Å²) in [6, 6.07) is 5.25. The highest BCUT2D eigenvalue weighted by atomic mass is 19.1. The van der Waals surface area contributed by atoms with Crippen LogP contribution in [0.15, 0.2) is 18.2 Å². The number of nitrogens with zero attached hydrogens (tertiary/aromatic N) is 1. The number of halogens is 1. The molecule has 1 aliphatic heterocycles. The summed E-state index contributed by atoms with van der Waals surface area (Å²) in [4.78, 5) is 2.50. The van der Waals surface area contributed by atoms with Gasteiger partial charge in [-0.2, -0.15) is 0 Å². The molecule has 0 aromatic heterocycles. The third kappa shape index (κ3) is 2.83. The van der Waals surface area contributed by atoms with Crippen molar-refractivity contribution in [2.75, 3.05) is 18.8 Å².